The molecule has 5 nitrogen and oxygen atoms in total. The lowest BCUT2D eigenvalue weighted by atomic mass is 10.0. The van der Waals surface area contributed by atoms with Crippen molar-refractivity contribution in [3.8, 4) is 12.3 Å². The van der Waals surface area contributed by atoms with Gasteiger partial charge in [-0.25, -0.2) is 9.59 Å². The molecule has 2 N–H and O–H groups in total. The molecule has 5 heteroatoms. The summed E-state index contributed by atoms with van der Waals surface area (Å²) < 4.78 is 5.12. The number of aromatic carboxylic acids is 1. The summed E-state index contributed by atoms with van der Waals surface area (Å²) in [6.45, 7) is 6.80. The lowest BCUT2D eigenvalue weighted by Crippen LogP contribution is -2.27. The summed E-state index contributed by atoms with van der Waals surface area (Å²) in [5, 5.41) is 11.6. The predicted molar refractivity (Wildman–Crippen MR) is 75.9 cm³/mol. The molecule has 0 bridgehead atoms. The summed E-state index contributed by atoms with van der Waals surface area (Å²) in [4.78, 5) is 22.9. The van der Waals surface area contributed by atoms with E-state index in [0.29, 0.717) is 16.8 Å². The molecule has 1 rings (SSSR count). The number of nitrogens with one attached hydrogen (secondary N) is 1. The minimum atomic E-state index is -1.10. The summed E-state index contributed by atoms with van der Waals surface area (Å²) in [6.07, 6.45) is 4.62. The molecule has 0 unspecified atom stereocenters. The largest absolute Gasteiger partial charge is 0.478 e. The zero-order valence-corrected chi connectivity index (χ0v) is 11.9. The second-order valence-corrected chi connectivity index (χ2v) is 5.27. The Balaban J connectivity index is 3.13. The fourth-order valence-corrected chi connectivity index (χ4v) is 1.56. The topological polar surface area (TPSA) is 75.6 Å². The van der Waals surface area contributed by atoms with Crippen LogP contribution in [0, 0.1) is 19.3 Å². The first kappa shape index (κ1) is 15.6. The normalized spacial score (nSPS) is 10.6. The maximum absolute atomic E-state index is 11.7. The van der Waals surface area contributed by atoms with Crippen LogP contribution in [-0.4, -0.2) is 22.8 Å². The van der Waals surface area contributed by atoms with E-state index in [2.05, 4.69) is 11.2 Å². The molecule has 0 heterocycles. The third-order valence-electron chi connectivity index (χ3n) is 2.44. The smallest absolute Gasteiger partial charge is 0.412 e. The number of hydrogen-bond donors (Lipinski definition) is 2. The third kappa shape index (κ3) is 4.02. The molecular weight excluding hydrogens is 258 g/mol. The SMILES string of the molecule is C#Cc1cc(NC(=O)OC(C)(C)C)c(C)c(C(=O)O)c1. The molecule has 0 radical (unpaired) electrons. The average molecular weight is 275 g/mol. The van der Waals surface area contributed by atoms with Crippen molar-refractivity contribution >= 4 is 17.7 Å². The molecule has 20 heavy (non-hydrogen) atoms. The van der Waals surface area contributed by atoms with Gasteiger partial charge in [0.1, 0.15) is 5.60 Å². The molecule has 0 aliphatic rings. The Labute approximate surface area is 117 Å². The lowest BCUT2D eigenvalue weighted by molar-refractivity contribution is 0.0632. The molecule has 0 fully saturated rings. The van der Waals surface area contributed by atoms with Gasteiger partial charge in [-0.2, -0.15) is 0 Å². The quantitative estimate of drug-likeness (QED) is 0.813. The lowest BCUT2D eigenvalue weighted by Gasteiger charge is -2.20. The van der Waals surface area contributed by atoms with Crippen LogP contribution in [-0.2, 0) is 4.74 Å². The number of hydrogen-bond acceptors (Lipinski definition) is 3. The zero-order chi connectivity index (χ0) is 15.5. The van der Waals surface area contributed by atoms with Gasteiger partial charge in [-0.05, 0) is 45.4 Å². The second-order valence-electron chi connectivity index (χ2n) is 5.27. The number of carbonyl (C=O) groups excluding carboxylic acids is 1. The summed E-state index contributed by atoms with van der Waals surface area (Å²) >= 11 is 0. The number of benzene rings is 1. The zero-order valence-electron chi connectivity index (χ0n) is 11.9. The molecule has 0 spiro atoms. The molecule has 1 aromatic rings. The maximum atomic E-state index is 11.7. The van der Waals surface area contributed by atoms with Gasteiger partial charge in [-0.15, -0.1) is 6.42 Å². The Hall–Kier alpha value is -2.48. The number of ether oxygens (including phenoxy) is 1. The minimum Gasteiger partial charge on any atom is -0.478 e. The van der Waals surface area contributed by atoms with Gasteiger partial charge in [0.05, 0.1) is 5.56 Å². The van der Waals surface area contributed by atoms with Crippen LogP contribution in [0.5, 0.6) is 0 Å². The van der Waals surface area contributed by atoms with Crippen molar-refractivity contribution < 1.29 is 19.4 Å². The van der Waals surface area contributed by atoms with E-state index in [-0.39, 0.29) is 5.56 Å². The molecule has 0 saturated heterocycles. The summed E-state index contributed by atoms with van der Waals surface area (Å²) in [5.74, 6) is 1.25. The fourth-order valence-electron chi connectivity index (χ4n) is 1.56. The Morgan fingerprint density at radius 1 is 1.35 bits per heavy atom. The van der Waals surface area contributed by atoms with Gasteiger partial charge < -0.3 is 9.84 Å². The van der Waals surface area contributed by atoms with E-state index in [9.17, 15) is 9.59 Å². The number of amides is 1. The first-order chi connectivity index (χ1) is 9.14. The third-order valence-corrected chi connectivity index (χ3v) is 2.44. The Morgan fingerprint density at radius 3 is 2.40 bits per heavy atom. The van der Waals surface area contributed by atoms with Gasteiger partial charge in [-0.3, -0.25) is 5.32 Å². The highest BCUT2D eigenvalue weighted by Gasteiger charge is 2.19. The highest BCUT2D eigenvalue weighted by Crippen LogP contribution is 2.22. The van der Waals surface area contributed by atoms with Gasteiger partial charge in [-0.1, -0.05) is 5.92 Å². The van der Waals surface area contributed by atoms with Crippen LogP contribution in [0.2, 0.25) is 0 Å². The van der Waals surface area contributed by atoms with Crippen molar-refractivity contribution in [3.05, 3.63) is 28.8 Å². The second kappa shape index (κ2) is 5.66. The van der Waals surface area contributed by atoms with E-state index in [1.54, 1.807) is 27.7 Å². The Kier molecular flexibility index (Phi) is 4.41. The van der Waals surface area contributed by atoms with Gasteiger partial charge in [0, 0.05) is 11.3 Å². The number of terminal acetylenes is 1. The molecule has 0 aliphatic heterocycles. The van der Waals surface area contributed by atoms with Crippen molar-refractivity contribution in [2.75, 3.05) is 5.32 Å². The first-order valence-electron chi connectivity index (χ1n) is 5.98. The van der Waals surface area contributed by atoms with Crippen LogP contribution in [0.4, 0.5) is 10.5 Å². The predicted octanol–water partition coefficient (Wildman–Crippen LogP) is 3.02. The molecule has 1 amide bonds. The highest BCUT2D eigenvalue weighted by molar-refractivity contribution is 5.94. The van der Waals surface area contributed by atoms with Gasteiger partial charge >= 0.3 is 12.1 Å². The van der Waals surface area contributed by atoms with Crippen LogP contribution in [0.15, 0.2) is 12.1 Å². The van der Waals surface area contributed by atoms with Gasteiger partial charge in [0.15, 0.2) is 0 Å². The van der Waals surface area contributed by atoms with E-state index in [1.165, 1.54) is 12.1 Å². The summed E-state index contributed by atoms with van der Waals surface area (Å²) in [6, 6.07) is 2.92. The molecule has 0 aromatic heterocycles. The van der Waals surface area contributed by atoms with Crippen LogP contribution in [0.25, 0.3) is 0 Å². The van der Waals surface area contributed by atoms with Crippen LogP contribution in [0.1, 0.15) is 42.3 Å². The maximum Gasteiger partial charge on any atom is 0.412 e. The Morgan fingerprint density at radius 2 is 1.95 bits per heavy atom. The summed E-state index contributed by atoms with van der Waals surface area (Å²) in [7, 11) is 0. The fraction of sp³-hybridized carbons (Fsp3) is 0.333. The molecule has 0 atom stereocenters. The molecule has 0 aliphatic carbocycles. The van der Waals surface area contributed by atoms with Crippen molar-refractivity contribution in [2.45, 2.75) is 33.3 Å². The van der Waals surface area contributed by atoms with E-state index < -0.39 is 17.7 Å². The number of rotatable bonds is 2. The number of carboxylic acids is 1. The first-order valence-corrected chi connectivity index (χ1v) is 5.98. The number of anilines is 1. The van der Waals surface area contributed by atoms with Crippen molar-refractivity contribution in [1.82, 2.24) is 0 Å². The van der Waals surface area contributed by atoms with Crippen LogP contribution >= 0.6 is 0 Å². The summed E-state index contributed by atoms with van der Waals surface area (Å²) in [5.41, 5.74) is 0.525. The van der Waals surface area contributed by atoms with Crippen molar-refractivity contribution in [2.24, 2.45) is 0 Å². The molecular formula is C15H17NO4. The van der Waals surface area contributed by atoms with E-state index in [4.69, 9.17) is 16.3 Å². The molecule has 0 saturated carbocycles. The van der Waals surface area contributed by atoms with Crippen molar-refractivity contribution in [1.29, 1.82) is 0 Å². The van der Waals surface area contributed by atoms with E-state index >= 15 is 0 Å². The monoisotopic (exact) mass is 275 g/mol. The molecule has 106 valence electrons. The van der Waals surface area contributed by atoms with E-state index in [0.717, 1.165) is 0 Å². The van der Waals surface area contributed by atoms with Gasteiger partial charge in [0.25, 0.3) is 0 Å². The minimum absolute atomic E-state index is 0.0477. The number of carboxylic acid groups (broad SMARTS) is 1. The van der Waals surface area contributed by atoms with Gasteiger partial charge in [0.2, 0.25) is 0 Å². The van der Waals surface area contributed by atoms with Crippen molar-refractivity contribution in [3.63, 3.8) is 0 Å². The Bertz CT molecular complexity index is 591. The highest BCUT2D eigenvalue weighted by atomic mass is 16.6. The average Bonchev–Trinajstić information content (AvgIpc) is 2.28. The number of carbonyl (C=O) groups is 2. The van der Waals surface area contributed by atoms with Crippen LogP contribution in [0.3, 0.4) is 0 Å². The van der Waals surface area contributed by atoms with E-state index in [1.807, 2.05) is 0 Å². The molecule has 1 aromatic carbocycles. The van der Waals surface area contributed by atoms with Crippen LogP contribution < -0.4 is 5.32 Å². The standard InChI is InChI=1S/C15H17NO4/c1-6-10-7-11(13(17)18)9(2)12(8-10)16-14(19)20-15(3,4)5/h1,7-8H,2-5H3,(H,16,19)(H,17,18).